The molecule has 116 valence electrons. The van der Waals surface area contributed by atoms with E-state index in [9.17, 15) is 4.79 Å². The van der Waals surface area contributed by atoms with Crippen molar-refractivity contribution in [2.45, 2.75) is 6.92 Å². The maximum atomic E-state index is 11.9. The van der Waals surface area contributed by atoms with E-state index in [1.807, 2.05) is 50.2 Å². The van der Waals surface area contributed by atoms with Crippen LogP contribution in [0.3, 0.4) is 0 Å². The Morgan fingerprint density at radius 3 is 2.36 bits per heavy atom. The van der Waals surface area contributed by atoms with Crippen LogP contribution in [0, 0.1) is 6.92 Å². The van der Waals surface area contributed by atoms with Crippen molar-refractivity contribution in [3.05, 3.63) is 47.8 Å². The zero-order chi connectivity index (χ0) is 15.9. The number of aromatic nitrogens is 2. The molecule has 1 aromatic carbocycles. The molecule has 1 aromatic heterocycles. The second-order valence-electron chi connectivity index (χ2n) is 5.35. The number of hydrogen-bond acceptors (Lipinski definition) is 5. The number of amides is 1. The predicted molar refractivity (Wildman–Crippen MR) is 87.4 cm³/mol. The number of rotatable bonds is 6. The van der Waals surface area contributed by atoms with Crippen molar-refractivity contribution >= 4 is 17.5 Å². The molecule has 0 bridgehead atoms. The van der Waals surface area contributed by atoms with E-state index in [2.05, 4.69) is 20.6 Å². The Labute approximate surface area is 130 Å². The van der Waals surface area contributed by atoms with Crippen LogP contribution >= 0.6 is 0 Å². The molecule has 0 fully saturated rings. The van der Waals surface area contributed by atoms with Crippen molar-refractivity contribution in [2.24, 2.45) is 0 Å². The zero-order valence-electron chi connectivity index (χ0n) is 13.1. The first-order chi connectivity index (χ1) is 10.5. The van der Waals surface area contributed by atoms with Crippen molar-refractivity contribution in [1.29, 1.82) is 0 Å². The Hall–Kier alpha value is -2.47. The Bertz CT molecular complexity index is 607. The minimum absolute atomic E-state index is 0.163. The number of hydrogen-bond donors (Lipinski definition) is 2. The van der Waals surface area contributed by atoms with Gasteiger partial charge in [-0.2, -0.15) is 0 Å². The maximum Gasteiger partial charge on any atom is 0.254 e. The molecule has 6 heteroatoms. The summed E-state index contributed by atoms with van der Waals surface area (Å²) in [7, 11) is 3.92. The van der Waals surface area contributed by atoms with Gasteiger partial charge in [0.05, 0.1) is 5.56 Å². The molecule has 0 atom stereocenters. The third kappa shape index (κ3) is 4.82. The van der Waals surface area contributed by atoms with E-state index >= 15 is 0 Å². The molecule has 2 N–H and O–H groups in total. The van der Waals surface area contributed by atoms with E-state index in [0.717, 1.165) is 12.2 Å². The summed E-state index contributed by atoms with van der Waals surface area (Å²) in [6, 6.07) is 7.94. The van der Waals surface area contributed by atoms with E-state index in [-0.39, 0.29) is 5.91 Å². The van der Waals surface area contributed by atoms with Crippen LogP contribution in [0.4, 0.5) is 11.6 Å². The molecular formula is C16H21N5O. The highest BCUT2D eigenvalue weighted by Gasteiger charge is 2.06. The van der Waals surface area contributed by atoms with Gasteiger partial charge >= 0.3 is 0 Å². The Morgan fingerprint density at radius 1 is 1.14 bits per heavy atom. The average Bonchev–Trinajstić information content (AvgIpc) is 2.50. The lowest BCUT2D eigenvalue weighted by Crippen LogP contribution is -2.31. The zero-order valence-corrected chi connectivity index (χ0v) is 13.1. The number of likely N-dealkylation sites (N-methyl/N-ethyl adjacent to an activating group) is 1. The summed E-state index contributed by atoms with van der Waals surface area (Å²) in [5.41, 5.74) is 2.55. The molecule has 2 aromatic rings. The molecule has 0 aliphatic carbocycles. The highest BCUT2D eigenvalue weighted by Crippen LogP contribution is 2.13. The second kappa shape index (κ2) is 7.51. The fraction of sp³-hybridized carbons (Fsp3) is 0.312. The highest BCUT2D eigenvalue weighted by molar-refractivity contribution is 5.93. The van der Waals surface area contributed by atoms with E-state index in [0.29, 0.717) is 18.1 Å². The van der Waals surface area contributed by atoms with Crippen molar-refractivity contribution in [3.63, 3.8) is 0 Å². The number of nitrogens with zero attached hydrogens (tertiary/aromatic N) is 3. The summed E-state index contributed by atoms with van der Waals surface area (Å²) in [6.07, 6.45) is 3.04. The average molecular weight is 299 g/mol. The summed E-state index contributed by atoms with van der Waals surface area (Å²) in [5.74, 6) is 0.303. The third-order valence-corrected chi connectivity index (χ3v) is 3.07. The van der Waals surface area contributed by atoms with E-state index in [1.165, 1.54) is 18.0 Å². The van der Waals surface area contributed by atoms with Crippen molar-refractivity contribution < 1.29 is 4.79 Å². The van der Waals surface area contributed by atoms with Crippen molar-refractivity contribution in [3.8, 4) is 0 Å². The van der Waals surface area contributed by atoms with E-state index in [4.69, 9.17) is 0 Å². The van der Waals surface area contributed by atoms with Gasteiger partial charge in [-0.25, -0.2) is 9.97 Å². The van der Waals surface area contributed by atoms with Gasteiger partial charge in [-0.3, -0.25) is 4.79 Å². The predicted octanol–water partition coefficient (Wildman–Crippen LogP) is 1.82. The van der Waals surface area contributed by atoms with Gasteiger partial charge in [0, 0.05) is 31.2 Å². The van der Waals surface area contributed by atoms with Crippen LogP contribution in [0.1, 0.15) is 15.9 Å². The molecule has 1 amide bonds. The number of benzene rings is 1. The molecule has 1 heterocycles. The quantitative estimate of drug-likeness (QED) is 0.851. The Balaban J connectivity index is 1.92. The monoisotopic (exact) mass is 299 g/mol. The lowest BCUT2D eigenvalue weighted by atomic mass is 10.2. The highest BCUT2D eigenvalue weighted by atomic mass is 16.1. The number of anilines is 2. The summed E-state index contributed by atoms with van der Waals surface area (Å²) in [4.78, 5) is 22.2. The minimum Gasteiger partial charge on any atom is -0.351 e. The molecule has 0 radical (unpaired) electrons. The lowest BCUT2D eigenvalue weighted by molar-refractivity contribution is 0.0950. The number of nitrogens with one attached hydrogen (secondary N) is 2. The van der Waals surface area contributed by atoms with Gasteiger partial charge in [0.2, 0.25) is 5.95 Å². The SMILES string of the molecule is Cc1ccc(Nc2ncc(C(=O)NCCN(C)C)cn2)cc1. The molecule has 2 rings (SSSR count). The van der Waals surface area contributed by atoms with Crippen LogP contribution in [0.5, 0.6) is 0 Å². The fourth-order valence-electron chi connectivity index (χ4n) is 1.77. The Kier molecular flexibility index (Phi) is 5.43. The first-order valence-corrected chi connectivity index (χ1v) is 7.13. The van der Waals surface area contributed by atoms with Gasteiger partial charge in [0.15, 0.2) is 0 Å². The van der Waals surface area contributed by atoms with Crippen molar-refractivity contribution in [1.82, 2.24) is 20.2 Å². The minimum atomic E-state index is -0.163. The Morgan fingerprint density at radius 2 is 1.77 bits per heavy atom. The van der Waals surface area contributed by atoms with E-state index < -0.39 is 0 Å². The van der Waals surface area contributed by atoms with Crippen LogP contribution in [0.15, 0.2) is 36.7 Å². The molecule has 0 aliphatic rings. The third-order valence-electron chi connectivity index (χ3n) is 3.07. The van der Waals surface area contributed by atoms with Gasteiger partial charge in [0.1, 0.15) is 0 Å². The van der Waals surface area contributed by atoms with Crippen LogP contribution in [-0.2, 0) is 0 Å². The standard InChI is InChI=1S/C16H21N5O/c1-12-4-6-14(7-5-12)20-16-18-10-13(11-19-16)15(22)17-8-9-21(2)3/h4-7,10-11H,8-9H2,1-3H3,(H,17,22)(H,18,19,20). The van der Waals surface area contributed by atoms with Gasteiger partial charge in [-0.15, -0.1) is 0 Å². The lowest BCUT2D eigenvalue weighted by Gasteiger charge is -2.10. The fourth-order valence-corrected chi connectivity index (χ4v) is 1.77. The van der Waals surface area contributed by atoms with Crippen molar-refractivity contribution in [2.75, 3.05) is 32.5 Å². The molecule has 0 unspecified atom stereocenters. The summed E-state index contributed by atoms with van der Waals surface area (Å²) in [5, 5.41) is 5.92. The smallest absolute Gasteiger partial charge is 0.254 e. The maximum absolute atomic E-state index is 11.9. The summed E-state index contributed by atoms with van der Waals surface area (Å²) in [6.45, 7) is 3.42. The van der Waals surface area contributed by atoms with Crippen LogP contribution in [0.2, 0.25) is 0 Å². The molecule has 0 aliphatic heterocycles. The largest absolute Gasteiger partial charge is 0.351 e. The topological polar surface area (TPSA) is 70.2 Å². The van der Waals surface area contributed by atoms with Crippen LogP contribution in [-0.4, -0.2) is 48.0 Å². The number of aryl methyl sites for hydroxylation is 1. The van der Waals surface area contributed by atoms with Crippen LogP contribution < -0.4 is 10.6 Å². The van der Waals surface area contributed by atoms with Gasteiger partial charge in [-0.1, -0.05) is 17.7 Å². The molecular weight excluding hydrogens is 278 g/mol. The molecule has 0 saturated heterocycles. The van der Waals surface area contributed by atoms with E-state index in [1.54, 1.807) is 0 Å². The number of carbonyl (C=O) groups excluding carboxylic acids is 1. The molecule has 0 saturated carbocycles. The normalized spacial score (nSPS) is 10.5. The molecule has 6 nitrogen and oxygen atoms in total. The summed E-state index contributed by atoms with van der Waals surface area (Å²) >= 11 is 0. The molecule has 0 spiro atoms. The second-order valence-corrected chi connectivity index (χ2v) is 5.35. The van der Waals surface area contributed by atoms with Gasteiger partial charge in [0.25, 0.3) is 5.91 Å². The number of carbonyl (C=O) groups is 1. The molecule has 22 heavy (non-hydrogen) atoms. The first kappa shape index (κ1) is 15.9. The summed E-state index contributed by atoms with van der Waals surface area (Å²) < 4.78 is 0. The first-order valence-electron chi connectivity index (χ1n) is 7.13. The van der Waals surface area contributed by atoms with Crippen LogP contribution in [0.25, 0.3) is 0 Å². The van der Waals surface area contributed by atoms with Gasteiger partial charge in [-0.05, 0) is 33.2 Å². The van der Waals surface area contributed by atoms with Gasteiger partial charge < -0.3 is 15.5 Å².